The number of nitrogens with one attached hydrogen (secondary N) is 1. The standard InChI is InChI=1S/C24H27N7O4/c1-14-7-20(25-9-21(14)31-13-27-28-29-31)23(33)26-8-16-5-6-30(10-16)11-22(32)17-3-4-18-19(15(17)2)12-35-24(18)34/h3-4,7,9,13,16,22,32H,5-6,8,10-12H2,1-2H3,(H,26,33)/t16?,22-/m1/s1. The Morgan fingerprint density at radius 2 is 2.20 bits per heavy atom. The van der Waals surface area contributed by atoms with E-state index in [4.69, 9.17) is 4.74 Å². The molecule has 1 unspecified atom stereocenters. The van der Waals surface area contributed by atoms with Gasteiger partial charge in [-0.3, -0.25) is 4.79 Å². The smallest absolute Gasteiger partial charge is 0.338 e. The molecule has 35 heavy (non-hydrogen) atoms. The van der Waals surface area contributed by atoms with Crippen molar-refractivity contribution in [3.05, 3.63) is 64.2 Å². The number of benzene rings is 1. The number of esters is 1. The van der Waals surface area contributed by atoms with Crippen LogP contribution in [0.25, 0.3) is 5.69 Å². The van der Waals surface area contributed by atoms with Crippen LogP contribution in [0.4, 0.5) is 0 Å². The number of rotatable bonds is 7. The fourth-order valence-electron chi connectivity index (χ4n) is 4.83. The summed E-state index contributed by atoms with van der Waals surface area (Å²) < 4.78 is 6.62. The van der Waals surface area contributed by atoms with Crippen molar-refractivity contribution in [3.8, 4) is 5.69 Å². The number of aromatic nitrogens is 5. The number of hydrogen-bond acceptors (Lipinski definition) is 9. The summed E-state index contributed by atoms with van der Waals surface area (Å²) in [7, 11) is 0. The number of pyridine rings is 1. The van der Waals surface area contributed by atoms with Crippen LogP contribution in [0.2, 0.25) is 0 Å². The van der Waals surface area contributed by atoms with Gasteiger partial charge in [0.25, 0.3) is 5.91 Å². The summed E-state index contributed by atoms with van der Waals surface area (Å²) in [5.74, 6) is -0.234. The molecule has 2 aliphatic rings. The Kier molecular flexibility index (Phi) is 6.27. The van der Waals surface area contributed by atoms with Crippen LogP contribution in [0.15, 0.2) is 30.7 Å². The third-order valence-electron chi connectivity index (χ3n) is 6.83. The molecule has 1 saturated heterocycles. The molecule has 2 aliphatic heterocycles. The van der Waals surface area contributed by atoms with Crippen LogP contribution in [0.3, 0.4) is 0 Å². The molecule has 5 rings (SSSR count). The lowest BCUT2D eigenvalue weighted by Gasteiger charge is -2.22. The number of carbonyl (C=O) groups is 2. The molecule has 1 fully saturated rings. The lowest BCUT2D eigenvalue weighted by molar-refractivity contribution is 0.0534. The maximum Gasteiger partial charge on any atom is 0.338 e. The minimum atomic E-state index is -0.657. The van der Waals surface area contributed by atoms with Gasteiger partial charge in [0.2, 0.25) is 0 Å². The van der Waals surface area contributed by atoms with Crippen molar-refractivity contribution in [1.82, 2.24) is 35.4 Å². The van der Waals surface area contributed by atoms with E-state index in [-0.39, 0.29) is 18.5 Å². The third kappa shape index (κ3) is 4.64. The van der Waals surface area contributed by atoms with E-state index in [2.05, 4.69) is 30.7 Å². The Labute approximate surface area is 202 Å². The number of hydrogen-bond donors (Lipinski definition) is 2. The number of tetrazole rings is 1. The normalized spacial score (nSPS) is 18.4. The van der Waals surface area contributed by atoms with E-state index in [0.29, 0.717) is 36.0 Å². The Morgan fingerprint density at radius 1 is 1.34 bits per heavy atom. The summed E-state index contributed by atoms with van der Waals surface area (Å²) in [6, 6.07) is 5.28. The second-order valence-corrected chi connectivity index (χ2v) is 9.13. The number of nitrogens with zero attached hydrogens (tertiary/aromatic N) is 6. The van der Waals surface area contributed by atoms with Gasteiger partial charge in [0, 0.05) is 25.2 Å². The molecule has 2 aromatic heterocycles. The highest BCUT2D eigenvalue weighted by molar-refractivity contribution is 5.94. The quantitative estimate of drug-likeness (QED) is 0.480. The SMILES string of the molecule is Cc1cc(C(=O)NCC2CCN(C[C@@H](O)c3ccc4c(c3C)COC4=O)C2)ncc1-n1cnnn1. The van der Waals surface area contributed by atoms with Gasteiger partial charge in [-0.05, 0) is 72.0 Å². The first-order valence-electron chi connectivity index (χ1n) is 11.6. The molecule has 11 nitrogen and oxygen atoms in total. The van der Waals surface area contributed by atoms with Gasteiger partial charge < -0.3 is 20.1 Å². The van der Waals surface area contributed by atoms with Crippen LogP contribution in [0, 0.1) is 19.8 Å². The summed E-state index contributed by atoms with van der Waals surface area (Å²) in [6.45, 7) is 6.74. The summed E-state index contributed by atoms with van der Waals surface area (Å²) in [4.78, 5) is 30.9. The number of aryl methyl sites for hydroxylation is 1. The number of aliphatic hydroxyl groups is 1. The predicted molar refractivity (Wildman–Crippen MR) is 124 cm³/mol. The second kappa shape index (κ2) is 9.51. The summed E-state index contributed by atoms with van der Waals surface area (Å²) in [5.41, 5.74) is 5.10. The van der Waals surface area contributed by atoms with Crippen LogP contribution in [0.5, 0.6) is 0 Å². The molecule has 1 aromatic carbocycles. The van der Waals surface area contributed by atoms with E-state index < -0.39 is 6.10 Å². The van der Waals surface area contributed by atoms with Gasteiger partial charge in [0.1, 0.15) is 18.6 Å². The largest absolute Gasteiger partial charge is 0.457 e. The summed E-state index contributed by atoms with van der Waals surface area (Å²) >= 11 is 0. The highest BCUT2D eigenvalue weighted by Gasteiger charge is 2.28. The maximum absolute atomic E-state index is 12.6. The van der Waals surface area contributed by atoms with Crippen molar-refractivity contribution in [2.45, 2.75) is 33.0 Å². The first kappa shape index (κ1) is 23.1. The summed E-state index contributed by atoms with van der Waals surface area (Å²) in [5, 5.41) is 25.0. The topological polar surface area (TPSA) is 135 Å². The Hall–Kier alpha value is -3.70. The lowest BCUT2D eigenvalue weighted by atomic mass is 9.95. The molecule has 11 heteroatoms. The van der Waals surface area contributed by atoms with Crippen LogP contribution in [-0.4, -0.2) is 73.3 Å². The van der Waals surface area contributed by atoms with Crippen molar-refractivity contribution in [3.63, 3.8) is 0 Å². The number of fused-ring (bicyclic) bond motifs is 1. The molecular formula is C24H27N7O4. The van der Waals surface area contributed by atoms with Gasteiger partial charge >= 0.3 is 5.97 Å². The van der Waals surface area contributed by atoms with Crippen molar-refractivity contribution >= 4 is 11.9 Å². The lowest BCUT2D eigenvalue weighted by Crippen LogP contribution is -2.32. The second-order valence-electron chi connectivity index (χ2n) is 9.13. The maximum atomic E-state index is 12.6. The van der Waals surface area contributed by atoms with E-state index in [9.17, 15) is 14.7 Å². The minimum Gasteiger partial charge on any atom is -0.457 e. The molecule has 182 valence electrons. The summed E-state index contributed by atoms with van der Waals surface area (Å²) in [6.07, 6.45) is 3.34. The number of amides is 1. The monoisotopic (exact) mass is 477 g/mol. The van der Waals surface area contributed by atoms with Crippen LogP contribution in [0.1, 0.15) is 55.6 Å². The zero-order valence-electron chi connectivity index (χ0n) is 19.6. The molecule has 2 atom stereocenters. The van der Waals surface area contributed by atoms with Gasteiger partial charge in [0.05, 0.1) is 23.6 Å². The number of carbonyl (C=O) groups excluding carboxylic acids is 2. The van der Waals surface area contributed by atoms with Crippen LogP contribution < -0.4 is 5.32 Å². The van der Waals surface area contributed by atoms with E-state index in [1.54, 1.807) is 18.3 Å². The van der Waals surface area contributed by atoms with E-state index in [1.165, 1.54) is 11.0 Å². The highest BCUT2D eigenvalue weighted by Crippen LogP contribution is 2.30. The van der Waals surface area contributed by atoms with Crippen molar-refractivity contribution in [2.75, 3.05) is 26.2 Å². The molecule has 0 spiro atoms. The predicted octanol–water partition coefficient (Wildman–Crippen LogP) is 1.13. The molecule has 0 saturated carbocycles. The molecular weight excluding hydrogens is 450 g/mol. The van der Waals surface area contributed by atoms with E-state index in [1.807, 2.05) is 19.9 Å². The van der Waals surface area contributed by atoms with Gasteiger partial charge in [-0.2, -0.15) is 4.68 Å². The molecule has 0 bridgehead atoms. The van der Waals surface area contributed by atoms with Crippen LogP contribution in [-0.2, 0) is 11.3 Å². The number of cyclic esters (lactones) is 1. The Morgan fingerprint density at radius 3 is 2.97 bits per heavy atom. The first-order chi connectivity index (χ1) is 16.9. The number of β-amino-alcohol motifs (C(OH)–C–C–N with tert-alkyl or cyclic N) is 1. The van der Waals surface area contributed by atoms with Crippen LogP contribution >= 0.6 is 0 Å². The van der Waals surface area contributed by atoms with Crippen molar-refractivity contribution in [2.24, 2.45) is 5.92 Å². The highest BCUT2D eigenvalue weighted by atomic mass is 16.5. The third-order valence-corrected chi connectivity index (χ3v) is 6.83. The number of ether oxygens (including phenoxy) is 1. The van der Waals surface area contributed by atoms with Crippen molar-refractivity contribution in [1.29, 1.82) is 0 Å². The molecule has 1 amide bonds. The van der Waals surface area contributed by atoms with Gasteiger partial charge in [0.15, 0.2) is 0 Å². The number of aliphatic hydroxyl groups excluding tert-OH is 1. The molecule has 0 aliphatic carbocycles. The molecule has 3 aromatic rings. The van der Waals surface area contributed by atoms with E-state index in [0.717, 1.165) is 41.8 Å². The molecule has 4 heterocycles. The molecule has 2 N–H and O–H groups in total. The molecule has 0 radical (unpaired) electrons. The Balaban J connectivity index is 1.13. The van der Waals surface area contributed by atoms with E-state index >= 15 is 0 Å². The zero-order valence-corrected chi connectivity index (χ0v) is 19.6. The van der Waals surface area contributed by atoms with Gasteiger partial charge in [-0.1, -0.05) is 6.07 Å². The first-order valence-corrected chi connectivity index (χ1v) is 11.6. The zero-order chi connectivity index (χ0) is 24.5. The average Bonchev–Trinajstić information content (AvgIpc) is 3.60. The minimum absolute atomic E-state index is 0.222. The fourth-order valence-corrected chi connectivity index (χ4v) is 4.83. The number of likely N-dealkylation sites (tertiary alicyclic amines) is 1. The Bertz CT molecular complexity index is 1260. The van der Waals surface area contributed by atoms with Gasteiger partial charge in [-0.25, -0.2) is 9.78 Å². The van der Waals surface area contributed by atoms with Crippen molar-refractivity contribution < 1.29 is 19.4 Å². The fraction of sp³-hybridized carbons (Fsp3) is 0.417. The van der Waals surface area contributed by atoms with Gasteiger partial charge in [-0.15, -0.1) is 5.10 Å². The average molecular weight is 478 g/mol.